The van der Waals surface area contributed by atoms with Crippen LogP contribution < -0.4 is 11.1 Å². The molecule has 134 valence electrons. The number of nitrogens with two attached hydrogens (primary N) is 1. The molecule has 3 N–H and O–H groups in total. The van der Waals surface area contributed by atoms with Crippen LogP contribution in [0.4, 0.5) is 4.79 Å². The Morgan fingerprint density at radius 1 is 1.22 bits per heavy atom. The van der Waals surface area contributed by atoms with E-state index in [0.717, 1.165) is 38.9 Å². The maximum absolute atomic E-state index is 12.3. The molecule has 2 rings (SSSR count). The third-order valence-corrected chi connectivity index (χ3v) is 4.81. The van der Waals surface area contributed by atoms with Gasteiger partial charge >= 0.3 is 6.09 Å². The van der Waals surface area contributed by atoms with Crippen LogP contribution in [0.2, 0.25) is 0 Å². The third kappa shape index (κ3) is 6.30. The van der Waals surface area contributed by atoms with Crippen molar-refractivity contribution in [2.24, 2.45) is 11.7 Å². The van der Waals surface area contributed by atoms with Crippen molar-refractivity contribution in [3.63, 3.8) is 0 Å². The first-order chi connectivity index (χ1) is 10.9. The van der Waals surface area contributed by atoms with Gasteiger partial charge in [0, 0.05) is 18.6 Å². The van der Waals surface area contributed by atoms with Crippen LogP contribution in [-0.4, -0.2) is 48.3 Å². The monoisotopic (exact) mass is 325 g/mol. The van der Waals surface area contributed by atoms with Gasteiger partial charge in [-0.25, -0.2) is 4.79 Å². The molecule has 0 saturated heterocycles. The largest absolute Gasteiger partial charge is 0.444 e. The molecule has 0 aromatic carbocycles. The van der Waals surface area contributed by atoms with Crippen LogP contribution in [0, 0.1) is 5.92 Å². The number of carbonyl (C=O) groups is 1. The van der Waals surface area contributed by atoms with Crippen molar-refractivity contribution >= 4 is 6.09 Å². The van der Waals surface area contributed by atoms with Crippen LogP contribution in [0.25, 0.3) is 0 Å². The van der Waals surface area contributed by atoms with Gasteiger partial charge in [0.25, 0.3) is 0 Å². The van der Waals surface area contributed by atoms with Crippen LogP contribution in [0.1, 0.15) is 65.7 Å². The highest BCUT2D eigenvalue weighted by Gasteiger charge is 2.34. The van der Waals surface area contributed by atoms with Crippen molar-refractivity contribution in [2.75, 3.05) is 19.6 Å². The van der Waals surface area contributed by atoms with Crippen LogP contribution in [0.3, 0.4) is 0 Å². The van der Waals surface area contributed by atoms with Crippen molar-refractivity contribution in [2.45, 2.75) is 83.4 Å². The summed E-state index contributed by atoms with van der Waals surface area (Å²) in [6.45, 7) is 8.29. The fraction of sp³-hybridized carbons (Fsp3) is 0.944. The van der Waals surface area contributed by atoms with E-state index in [-0.39, 0.29) is 6.09 Å². The summed E-state index contributed by atoms with van der Waals surface area (Å²) in [6.07, 6.45) is 8.16. The Balaban J connectivity index is 1.71. The summed E-state index contributed by atoms with van der Waals surface area (Å²) in [5.41, 5.74) is 5.47. The van der Waals surface area contributed by atoms with Crippen molar-refractivity contribution in [3.8, 4) is 0 Å². The number of hydrogen-bond acceptors (Lipinski definition) is 4. The van der Waals surface area contributed by atoms with Crippen LogP contribution in [0.5, 0.6) is 0 Å². The Labute approximate surface area is 141 Å². The molecule has 2 aliphatic carbocycles. The number of nitrogens with zero attached hydrogens (tertiary/aromatic N) is 1. The fourth-order valence-corrected chi connectivity index (χ4v) is 3.43. The Kier molecular flexibility index (Phi) is 6.72. The highest BCUT2D eigenvalue weighted by atomic mass is 16.6. The Bertz CT molecular complexity index is 377. The minimum absolute atomic E-state index is 0.155. The SMILES string of the molecule is CC(C)(C)OC(=O)N(CCCNC1CCCCC1CN)C1CC1. The molecule has 2 fully saturated rings. The van der Waals surface area contributed by atoms with Gasteiger partial charge in [-0.2, -0.15) is 0 Å². The normalized spacial score (nSPS) is 25.2. The second-order valence-electron chi connectivity index (χ2n) is 8.10. The first-order valence-electron chi connectivity index (χ1n) is 9.34. The summed E-state index contributed by atoms with van der Waals surface area (Å²) in [4.78, 5) is 14.2. The Morgan fingerprint density at radius 2 is 1.91 bits per heavy atom. The molecule has 0 spiro atoms. The first kappa shape index (κ1) is 18.5. The van der Waals surface area contributed by atoms with E-state index in [1.807, 2.05) is 25.7 Å². The van der Waals surface area contributed by atoms with E-state index in [1.54, 1.807) is 0 Å². The van der Waals surface area contributed by atoms with E-state index >= 15 is 0 Å². The molecular weight excluding hydrogens is 290 g/mol. The summed E-state index contributed by atoms with van der Waals surface area (Å²) in [6, 6.07) is 0.959. The summed E-state index contributed by atoms with van der Waals surface area (Å²) in [5, 5.41) is 3.67. The number of rotatable bonds is 7. The molecule has 2 atom stereocenters. The number of nitrogens with one attached hydrogen (secondary N) is 1. The maximum Gasteiger partial charge on any atom is 0.410 e. The highest BCUT2D eigenvalue weighted by Crippen LogP contribution is 2.28. The molecule has 0 radical (unpaired) electrons. The van der Waals surface area contributed by atoms with Crippen molar-refractivity contribution in [3.05, 3.63) is 0 Å². The predicted molar refractivity (Wildman–Crippen MR) is 93.4 cm³/mol. The van der Waals surface area contributed by atoms with Crippen molar-refractivity contribution in [1.82, 2.24) is 10.2 Å². The van der Waals surface area contributed by atoms with Gasteiger partial charge in [-0.3, -0.25) is 0 Å². The molecule has 0 aromatic rings. The molecule has 2 unspecified atom stereocenters. The molecule has 2 aliphatic rings. The molecule has 23 heavy (non-hydrogen) atoms. The van der Waals surface area contributed by atoms with Gasteiger partial charge in [0.1, 0.15) is 5.60 Å². The van der Waals surface area contributed by atoms with Gasteiger partial charge in [-0.05, 0) is 71.9 Å². The molecule has 5 nitrogen and oxygen atoms in total. The van der Waals surface area contributed by atoms with Gasteiger partial charge in [0.15, 0.2) is 0 Å². The minimum atomic E-state index is -0.418. The zero-order valence-corrected chi connectivity index (χ0v) is 15.1. The van der Waals surface area contributed by atoms with E-state index in [9.17, 15) is 4.79 Å². The molecule has 2 saturated carbocycles. The number of hydrogen-bond donors (Lipinski definition) is 2. The maximum atomic E-state index is 12.3. The third-order valence-electron chi connectivity index (χ3n) is 4.81. The molecule has 0 bridgehead atoms. The van der Waals surface area contributed by atoms with Crippen LogP contribution >= 0.6 is 0 Å². The van der Waals surface area contributed by atoms with E-state index in [1.165, 1.54) is 25.7 Å². The lowest BCUT2D eigenvalue weighted by Gasteiger charge is -2.32. The number of ether oxygens (including phenoxy) is 1. The molecule has 0 aliphatic heterocycles. The van der Waals surface area contributed by atoms with Gasteiger partial charge in [-0.1, -0.05) is 12.8 Å². The lowest BCUT2D eigenvalue weighted by molar-refractivity contribution is 0.0231. The van der Waals surface area contributed by atoms with E-state index < -0.39 is 5.60 Å². The lowest BCUT2D eigenvalue weighted by Crippen LogP contribution is -2.43. The fourth-order valence-electron chi connectivity index (χ4n) is 3.43. The predicted octanol–water partition coefficient (Wildman–Crippen LogP) is 2.88. The van der Waals surface area contributed by atoms with Crippen molar-refractivity contribution < 1.29 is 9.53 Å². The van der Waals surface area contributed by atoms with Crippen molar-refractivity contribution in [1.29, 1.82) is 0 Å². The first-order valence-corrected chi connectivity index (χ1v) is 9.34. The van der Waals surface area contributed by atoms with Gasteiger partial charge in [0.2, 0.25) is 0 Å². The Hall–Kier alpha value is -0.810. The average molecular weight is 325 g/mol. The summed E-state index contributed by atoms with van der Waals surface area (Å²) in [7, 11) is 0. The Morgan fingerprint density at radius 3 is 2.52 bits per heavy atom. The molecular formula is C18H35N3O2. The second-order valence-corrected chi connectivity index (χ2v) is 8.10. The molecule has 5 heteroatoms. The topological polar surface area (TPSA) is 67.6 Å². The number of carbonyl (C=O) groups excluding carboxylic acids is 1. The lowest BCUT2D eigenvalue weighted by atomic mass is 9.84. The molecule has 0 heterocycles. The van der Waals surface area contributed by atoms with Crippen LogP contribution in [0.15, 0.2) is 0 Å². The smallest absolute Gasteiger partial charge is 0.410 e. The average Bonchev–Trinajstić information content (AvgIpc) is 3.30. The molecule has 1 amide bonds. The van der Waals surface area contributed by atoms with Gasteiger partial charge in [0.05, 0.1) is 0 Å². The quantitative estimate of drug-likeness (QED) is 0.706. The zero-order chi connectivity index (χ0) is 16.9. The minimum Gasteiger partial charge on any atom is -0.444 e. The van der Waals surface area contributed by atoms with Gasteiger partial charge < -0.3 is 20.7 Å². The summed E-state index contributed by atoms with van der Waals surface area (Å²) < 4.78 is 5.53. The second kappa shape index (κ2) is 8.34. The summed E-state index contributed by atoms with van der Waals surface area (Å²) >= 11 is 0. The van der Waals surface area contributed by atoms with E-state index in [0.29, 0.717) is 18.0 Å². The standard InChI is InChI=1S/C18H35N3O2/c1-18(2,3)23-17(22)21(15-9-10-15)12-6-11-20-16-8-5-4-7-14(16)13-19/h14-16,20H,4-13,19H2,1-3H3. The number of amides is 1. The van der Waals surface area contributed by atoms with Crippen LogP contribution in [-0.2, 0) is 4.74 Å². The highest BCUT2D eigenvalue weighted by molar-refractivity contribution is 5.69. The van der Waals surface area contributed by atoms with Gasteiger partial charge in [-0.15, -0.1) is 0 Å². The van der Waals surface area contributed by atoms with E-state index in [4.69, 9.17) is 10.5 Å². The molecule has 0 aromatic heterocycles. The van der Waals surface area contributed by atoms with E-state index in [2.05, 4.69) is 5.32 Å². The summed E-state index contributed by atoms with van der Waals surface area (Å²) in [5.74, 6) is 0.620. The zero-order valence-electron chi connectivity index (χ0n) is 15.1.